The normalized spacial score (nSPS) is 11.2. The average Bonchev–Trinajstić information content (AvgIpc) is 3.08. The van der Waals surface area contributed by atoms with E-state index < -0.39 is 0 Å². The van der Waals surface area contributed by atoms with Crippen molar-refractivity contribution in [3.8, 4) is 11.3 Å². The van der Waals surface area contributed by atoms with Crippen molar-refractivity contribution in [2.75, 3.05) is 0 Å². The van der Waals surface area contributed by atoms with Gasteiger partial charge in [0.15, 0.2) is 0 Å². The highest BCUT2D eigenvalue weighted by molar-refractivity contribution is 9.10. The van der Waals surface area contributed by atoms with Gasteiger partial charge in [-0.05, 0) is 41.9 Å². The second kappa shape index (κ2) is 5.77. The summed E-state index contributed by atoms with van der Waals surface area (Å²) in [6.07, 6.45) is 7.40. The Balaban J connectivity index is 1.78. The second-order valence-electron chi connectivity index (χ2n) is 5.07. The van der Waals surface area contributed by atoms with Crippen LogP contribution in [-0.2, 0) is 6.54 Å². The topological polar surface area (TPSA) is 61.4 Å². The predicted octanol–water partition coefficient (Wildman–Crippen LogP) is 2.93. The standard InChI is InChI=1S/C14H15BrN6/c1-10(2)21-4-3-13(18-21)8-20-9-14(17-19-20)11-5-12(15)7-16-6-11/h3-7,9-10H,8H2,1-2H3. The summed E-state index contributed by atoms with van der Waals surface area (Å²) >= 11 is 3.41. The molecule has 0 bridgehead atoms. The van der Waals surface area contributed by atoms with Gasteiger partial charge in [-0.25, -0.2) is 4.68 Å². The summed E-state index contributed by atoms with van der Waals surface area (Å²) in [7, 11) is 0. The van der Waals surface area contributed by atoms with Gasteiger partial charge in [-0.2, -0.15) is 5.10 Å². The summed E-state index contributed by atoms with van der Waals surface area (Å²) in [6.45, 7) is 4.81. The minimum absolute atomic E-state index is 0.359. The van der Waals surface area contributed by atoms with Crippen LogP contribution in [0.1, 0.15) is 25.6 Å². The first kappa shape index (κ1) is 13.9. The molecule has 0 aliphatic rings. The third-order valence-corrected chi connectivity index (χ3v) is 3.49. The molecule has 7 heteroatoms. The number of hydrogen-bond donors (Lipinski definition) is 0. The van der Waals surface area contributed by atoms with Gasteiger partial charge in [-0.1, -0.05) is 5.21 Å². The summed E-state index contributed by atoms with van der Waals surface area (Å²) < 4.78 is 4.64. The molecule has 3 aromatic heterocycles. The minimum atomic E-state index is 0.359. The molecule has 0 fully saturated rings. The van der Waals surface area contributed by atoms with E-state index in [4.69, 9.17) is 0 Å². The van der Waals surface area contributed by atoms with Gasteiger partial charge in [0, 0.05) is 34.7 Å². The van der Waals surface area contributed by atoms with Crippen molar-refractivity contribution in [3.05, 3.63) is 47.1 Å². The molecule has 0 radical (unpaired) electrons. The molecule has 0 unspecified atom stereocenters. The third kappa shape index (κ3) is 3.18. The lowest BCUT2D eigenvalue weighted by Crippen LogP contribution is -2.05. The van der Waals surface area contributed by atoms with Crippen molar-refractivity contribution in [3.63, 3.8) is 0 Å². The molecule has 0 amide bonds. The number of pyridine rings is 1. The number of hydrogen-bond acceptors (Lipinski definition) is 4. The van der Waals surface area contributed by atoms with Crippen molar-refractivity contribution in [2.45, 2.75) is 26.4 Å². The Morgan fingerprint density at radius 1 is 1.29 bits per heavy atom. The molecular formula is C14H15BrN6. The van der Waals surface area contributed by atoms with Crippen molar-refractivity contribution in [2.24, 2.45) is 0 Å². The van der Waals surface area contributed by atoms with Crippen LogP contribution in [0.2, 0.25) is 0 Å². The molecule has 0 aromatic carbocycles. The maximum Gasteiger partial charge on any atom is 0.114 e. The Kier molecular flexibility index (Phi) is 3.83. The third-order valence-electron chi connectivity index (χ3n) is 3.06. The van der Waals surface area contributed by atoms with Crippen LogP contribution >= 0.6 is 15.9 Å². The van der Waals surface area contributed by atoms with Gasteiger partial charge >= 0.3 is 0 Å². The molecule has 0 aliphatic heterocycles. The van der Waals surface area contributed by atoms with Crippen molar-refractivity contribution >= 4 is 15.9 Å². The fourth-order valence-corrected chi connectivity index (χ4v) is 2.34. The van der Waals surface area contributed by atoms with E-state index in [0.29, 0.717) is 12.6 Å². The van der Waals surface area contributed by atoms with Gasteiger partial charge in [0.05, 0.1) is 18.4 Å². The molecule has 0 aliphatic carbocycles. The molecule has 0 saturated heterocycles. The van der Waals surface area contributed by atoms with Crippen LogP contribution in [0.25, 0.3) is 11.3 Å². The van der Waals surface area contributed by atoms with E-state index in [0.717, 1.165) is 21.4 Å². The zero-order chi connectivity index (χ0) is 14.8. The van der Waals surface area contributed by atoms with Crippen molar-refractivity contribution in [1.29, 1.82) is 0 Å². The molecule has 3 aromatic rings. The highest BCUT2D eigenvalue weighted by Crippen LogP contribution is 2.19. The lowest BCUT2D eigenvalue weighted by Gasteiger charge is -2.03. The Morgan fingerprint density at radius 3 is 2.86 bits per heavy atom. The summed E-state index contributed by atoms with van der Waals surface area (Å²) in [4.78, 5) is 4.14. The molecule has 3 rings (SSSR count). The average molecular weight is 347 g/mol. The van der Waals surface area contributed by atoms with Crippen LogP contribution < -0.4 is 0 Å². The fraction of sp³-hybridized carbons (Fsp3) is 0.286. The number of halogens is 1. The zero-order valence-corrected chi connectivity index (χ0v) is 13.4. The predicted molar refractivity (Wildman–Crippen MR) is 82.7 cm³/mol. The second-order valence-corrected chi connectivity index (χ2v) is 5.99. The SMILES string of the molecule is CC(C)n1ccc(Cn2cc(-c3cncc(Br)c3)nn2)n1. The Morgan fingerprint density at radius 2 is 2.14 bits per heavy atom. The van der Waals surface area contributed by atoms with E-state index >= 15 is 0 Å². The van der Waals surface area contributed by atoms with Crippen LogP contribution in [0.4, 0.5) is 0 Å². The first-order chi connectivity index (χ1) is 10.1. The number of rotatable bonds is 4. The lowest BCUT2D eigenvalue weighted by molar-refractivity contribution is 0.519. The largest absolute Gasteiger partial charge is 0.270 e. The van der Waals surface area contributed by atoms with E-state index in [1.165, 1.54) is 0 Å². The van der Waals surface area contributed by atoms with E-state index in [2.05, 4.69) is 50.2 Å². The Labute approximate surface area is 130 Å². The van der Waals surface area contributed by atoms with E-state index in [1.54, 1.807) is 17.1 Å². The van der Waals surface area contributed by atoms with Gasteiger partial charge in [0.2, 0.25) is 0 Å². The first-order valence-electron chi connectivity index (χ1n) is 6.67. The van der Waals surface area contributed by atoms with Crippen LogP contribution in [0.15, 0.2) is 41.4 Å². The summed E-state index contributed by atoms with van der Waals surface area (Å²) in [5.41, 5.74) is 2.70. The maximum absolute atomic E-state index is 4.51. The summed E-state index contributed by atoms with van der Waals surface area (Å²) in [6, 6.07) is 4.33. The molecule has 0 spiro atoms. The van der Waals surface area contributed by atoms with E-state index in [9.17, 15) is 0 Å². The minimum Gasteiger partial charge on any atom is -0.270 e. The Bertz CT molecular complexity index is 745. The van der Waals surface area contributed by atoms with Crippen LogP contribution in [0.3, 0.4) is 0 Å². The smallest absolute Gasteiger partial charge is 0.114 e. The van der Waals surface area contributed by atoms with Crippen LogP contribution in [-0.4, -0.2) is 29.8 Å². The lowest BCUT2D eigenvalue weighted by atomic mass is 10.2. The molecule has 3 heterocycles. The Hall–Kier alpha value is -2.02. The van der Waals surface area contributed by atoms with Gasteiger partial charge in [0.25, 0.3) is 0 Å². The molecule has 0 atom stereocenters. The molecule has 0 N–H and O–H groups in total. The van der Waals surface area contributed by atoms with Gasteiger partial charge in [0.1, 0.15) is 5.69 Å². The molecule has 0 saturated carbocycles. The quantitative estimate of drug-likeness (QED) is 0.728. The van der Waals surface area contributed by atoms with Gasteiger partial charge in [-0.3, -0.25) is 9.67 Å². The van der Waals surface area contributed by atoms with Crippen molar-refractivity contribution < 1.29 is 0 Å². The van der Waals surface area contributed by atoms with Crippen LogP contribution in [0.5, 0.6) is 0 Å². The zero-order valence-electron chi connectivity index (χ0n) is 11.8. The molecule has 21 heavy (non-hydrogen) atoms. The number of aromatic nitrogens is 6. The van der Waals surface area contributed by atoms with Crippen molar-refractivity contribution in [1.82, 2.24) is 29.8 Å². The fourth-order valence-electron chi connectivity index (χ4n) is 1.98. The van der Waals surface area contributed by atoms with E-state index in [-0.39, 0.29) is 0 Å². The number of nitrogens with zero attached hydrogens (tertiary/aromatic N) is 6. The maximum atomic E-state index is 4.51. The molecular weight excluding hydrogens is 332 g/mol. The first-order valence-corrected chi connectivity index (χ1v) is 7.46. The highest BCUT2D eigenvalue weighted by atomic mass is 79.9. The highest BCUT2D eigenvalue weighted by Gasteiger charge is 2.07. The summed E-state index contributed by atoms with van der Waals surface area (Å²) in [5, 5.41) is 12.8. The van der Waals surface area contributed by atoms with E-state index in [1.807, 2.05) is 29.2 Å². The monoisotopic (exact) mass is 346 g/mol. The molecule has 6 nitrogen and oxygen atoms in total. The summed E-state index contributed by atoms with van der Waals surface area (Å²) in [5.74, 6) is 0. The van der Waals surface area contributed by atoms with Gasteiger partial charge in [-0.15, -0.1) is 5.10 Å². The van der Waals surface area contributed by atoms with Crippen LogP contribution in [0, 0.1) is 0 Å². The molecule has 108 valence electrons. The van der Waals surface area contributed by atoms with Gasteiger partial charge < -0.3 is 0 Å².